The van der Waals surface area contributed by atoms with Gasteiger partial charge in [0.2, 0.25) is 5.91 Å². The fourth-order valence-electron chi connectivity index (χ4n) is 3.16. The van der Waals surface area contributed by atoms with E-state index in [4.69, 9.17) is 14.2 Å². The van der Waals surface area contributed by atoms with Crippen molar-refractivity contribution in [3.05, 3.63) is 78.4 Å². The molecule has 1 aliphatic heterocycles. The summed E-state index contributed by atoms with van der Waals surface area (Å²) in [6.45, 7) is 1.27. The molecule has 0 aromatic heterocycles. The van der Waals surface area contributed by atoms with E-state index >= 15 is 0 Å². The lowest BCUT2D eigenvalue weighted by Crippen LogP contribution is -2.19. The number of thioether (sulfide) groups is 1. The summed E-state index contributed by atoms with van der Waals surface area (Å²) in [5.41, 5.74) is 1.62. The zero-order valence-corrected chi connectivity index (χ0v) is 17.5. The molecular formula is C24H23NO4S. The molecule has 1 amide bonds. The summed E-state index contributed by atoms with van der Waals surface area (Å²) in [4.78, 5) is 14.2. The van der Waals surface area contributed by atoms with Gasteiger partial charge >= 0.3 is 0 Å². The summed E-state index contributed by atoms with van der Waals surface area (Å²) in [6, 6.07) is 22.9. The maximum Gasteiger partial charge on any atom is 0.242 e. The van der Waals surface area contributed by atoms with Gasteiger partial charge in [0.1, 0.15) is 11.0 Å². The summed E-state index contributed by atoms with van der Waals surface area (Å²) in [6.07, 6.45) is 0.854. The normalized spacial score (nSPS) is 13.8. The maximum absolute atomic E-state index is 13.2. The zero-order valence-electron chi connectivity index (χ0n) is 16.7. The van der Waals surface area contributed by atoms with E-state index in [2.05, 4.69) is 5.32 Å². The van der Waals surface area contributed by atoms with Crippen molar-refractivity contribution in [2.45, 2.75) is 16.6 Å². The van der Waals surface area contributed by atoms with Gasteiger partial charge in [0.05, 0.1) is 20.3 Å². The largest absolute Gasteiger partial charge is 0.497 e. The monoisotopic (exact) mass is 421 g/mol. The lowest BCUT2D eigenvalue weighted by atomic mass is 10.1. The number of amides is 1. The van der Waals surface area contributed by atoms with Crippen molar-refractivity contribution in [3.8, 4) is 17.2 Å². The molecule has 1 atom stereocenters. The summed E-state index contributed by atoms with van der Waals surface area (Å²) in [5, 5.41) is 2.58. The highest BCUT2D eigenvalue weighted by molar-refractivity contribution is 8.00. The van der Waals surface area contributed by atoms with E-state index in [1.54, 1.807) is 13.2 Å². The van der Waals surface area contributed by atoms with Gasteiger partial charge in [0, 0.05) is 23.1 Å². The molecule has 3 aromatic rings. The maximum atomic E-state index is 13.2. The van der Waals surface area contributed by atoms with Crippen LogP contribution in [0.25, 0.3) is 0 Å². The number of fused-ring (bicyclic) bond motifs is 1. The highest BCUT2D eigenvalue weighted by atomic mass is 32.2. The average Bonchev–Trinajstić information content (AvgIpc) is 3.03. The topological polar surface area (TPSA) is 56.8 Å². The lowest BCUT2D eigenvalue weighted by Gasteiger charge is -2.18. The Balaban J connectivity index is 1.59. The second kappa shape index (κ2) is 9.59. The summed E-state index contributed by atoms with van der Waals surface area (Å²) < 4.78 is 16.8. The number of hydrogen-bond donors (Lipinski definition) is 1. The molecule has 0 aliphatic carbocycles. The van der Waals surface area contributed by atoms with Crippen molar-refractivity contribution >= 4 is 23.4 Å². The minimum absolute atomic E-state index is 0.105. The first kappa shape index (κ1) is 20.2. The van der Waals surface area contributed by atoms with Crippen LogP contribution in [0, 0.1) is 0 Å². The predicted molar refractivity (Wildman–Crippen MR) is 119 cm³/mol. The molecule has 154 valence electrons. The van der Waals surface area contributed by atoms with Crippen molar-refractivity contribution in [2.75, 3.05) is 25.6 Å². The third-order valence-electron chi connectivity index (χ3n) is 4.65. The van der Waals surface area contributed by atoms with Crippen LogP contribution in [0.1, 0.15) is 17.2 Å². The van der Waals surface area contributed by atoms with Crippen LogP contribution < -0.4 is 19.5 Å². The summed E-state index contributed by atoms with van der Waals surface area (Å²) in [5.74, 6) is 2.05. The molecule has 0 spiro atoms. The van der Waals surface area contributed by atoms with Crippen LogP contribution in [0.2, 0.25) is 0 Å². The third-order valence-corrected chi connectivity index (χ3v) is 5.90. The number of methoxy groups -OCH3 is 1. The summed E-state index contributed by atoms with van der Waals surface area (Å²) >= 11 is 1.48. The molecule has 30 heavy (non-hydrogen) atoms. The van der Waals surface area contributed by atoms with Crippen LogP contribution in [0.15, 0.2) is 77.7 Å². The van der Waals surface area contributed by atoms with Crippen LogP contribution in [0.4, 0.5) is 5.69 Å². The standard InChI is InChI=1S/C24H23NO4S/c1-27-19-10-5-9-18(15-19)25-24(26)23(17-7-3-2-4-8-17)30-20-11-12-21-22(16-20)29-14-6-13-28-21/h2-5,7-12,15-16,23H,6,13-14H2,1H3,(H,25,26). The van der Waals surface area contributed by atoms with Crippen LogP contribution in [0.3, 0.4) is 0 Å². The van der Waals surface area contributed by atoms with Crippen molar-refractivity contribution in [1.29, 1.82) is 0 Å². The molecule has 1 N–H and O–H groups in total. The molecule has 0 fully saturated rings. The van der Waals surface area contributed by atoms with Crippen molar-refractivity contribution in [2.24, 2.45) is 0 Å². The van der Waals surface area contributed by atoms with Gasteiger partial charge in [-0.3, -0.25) is 4.79 Å². The third kappa shape index (κ3) is 4.89. The minimum atomic E-state index is -0.429. The van der Waals surface area contributed by atoms with Crippen LogP contribution in [0.5, 0.6) is 17.2 Å². The van der Waals surface area contributed by atoms with Crippen molar-refractivity contribution in [1.82, 2.24) is 0 Å². The first-order valence-corrected chi connectivity index (χ1v) is 10.7. The second-order valence-electron chi connectivity index (χ2n) is 6.79. The van der Waals surface area contributed by atoms with E-state index in [9.17, 15) is 4.79 Å². The molecule has 1 aliphatic rings. The molecule has 0 radical (unpaired) electrons. The van der Waals surface area contributed by atoms with Gasteiger partial charge in [0.15, 0.2) is 11.5 Å². The first-order valence-electron chi connectivity index (χ1n) is 9.79. The van der Waals surface area contributed by atoms with Crippen LogP contribution >= 0.6 is 11.8 Å². The van der Waals surface area contributed by atoms with Crippen LogP contribution in [-0.4, -0.2) is 26.2 Å². The van der Waals surface area contributed by atoms with E-state index in [0.29, 0.717) is 24.7 Å². The number of ether oxygens (including phenoxy) is 3. The molecule has 4 rings (SSSR count). The van der Waals surface area contributed by atoms with Gasteiger partial charge in [-0.2, -0.15) is 0 Å². The smallest absolute Gasteiger partial charge is 0.242 e. The quantitative estimate of drug-likeness (QED) is 0.545. The Hall–Kier alpha value is -3.12. The first-order chi connectivity index (χ1) is 14.7. The number of carbonyl (C=O) groups excluding carboxylic acids is 1. The Morgan fingerprint density at radius 1 is 0.967 bits per heavy atom. The molecule has 6 heteroatoms. The number of rotatable bonds is 6. The Labute approximate surface area is 180 Å². The van der Waals surface area contributed by atoms with Crippen LogP contribution in [-0.2, 0) is 4.79 Å². The molecule has 3 aromatic carbocycles. The molecule has 1 heterocycles. The Bertz CT molecular complexity index is 1010. The summed E-state index contributed by atoms with van der Waals surface area (Å²) in [7, 11) is 1.60. The second-order valence-corrected chi connectivity index (χ2v) is 7.97. The lowest BCUT2D eigenvalue weighted by molar-refractivity contribution is -0.115. The number of hydrogen-bond acceptors (Lipinski definition) is 5. The average molecular weight is 422 g/mol. The predicted octanol–water partition coefficient (Wildman–Crippen LogP) is 5.33. The molecular weight excluding hydrogens is 398 g/mol. The van der Waals surface area contributed by atoms with E-state index in [-0.39, 0.29) is 5.91 Å². The van der Waals surface area contributed by atoms with Gasteiger partial charge in [0.25, 0.3) is 0 Å². The van der Waals surface area contributed by atoms with Crippen molar-refractivity contribution < 1.29 is 19.0 Å². The molecule has 5 nitrogen and oxygen atoms in total. The molecule has 0 saturated carbocycles. The number of carbonyl (C=O) groups is 1. The van der Waals surface area contributed by atoms with E-state index in [1.165, 1.54) is 11.8 Å². The SMILES string of the molecule is COc1cccc(NC(=O)C(Sc2ccc3c(c2)OCCCO3)c2ccccc2)c1. The van der Waals surface area contributed by atoms with E-state index < -0.39 is 5.25 Å². The highest BCUT2D eigenvalue weighted by Gasteiger charge is 2.23. The molecule has 0 saturated heterocycles. The zero-order chi connectivity index (χ0) is 20.8. The van der Waals surface area contributed by atoms with Gasteiger partial charge in [-0.1, -0.05) is 36.4 Å². The van der Waals surface area contributed by atoms with Gasteiger partial charge < -0.3 is 19.5 Å². The number of nitrogens with one attached hydrogen (secondary N) is 1. The Morgan fingerprint density at radius 3 is 2.57 bits per heavy atom. The molecule has 1 unspecified atom stereocenters. The Kier molecular flexibility index (Phi) is 6.44. The Morgan fingerprint density at radius 2 is 1.77 bits per heavy atom. The van der Waals surface area contributed by atoms with E-state index in [1.807, 2.05) is 66.7 Å². The van der Waals surface area contributed by atoms with Gasteiger partial charge in [-0.25, -0.2) is 0 Å². The number of anilines is 1. The van der Waals surface area contributed by atoms with Gasteiger partial charge in [-0.15, -0.1) is 11.8 Å². The van der Waals surface area contributed by atoms with Crippen molar-refractivity contribution in [3.63, 3.8) is 0 Å². The fraction of sp³-hybridized carbons (Fsp3) is 0.208. The van der Waals surface area contributed by atoms with Gasteiger partial charge in [-0.05, 0) is 35.9 Å². The highest BCUT2D eigenvalue weighted by Crippen LogP contribution is 2.40. The van der Waals surface area contributed by atoms with E-state index in [0.717, 1.165) is 28.4 Å². The fourth-order valence-corrected chi connectivity index (χ4v) is 4.22. The molecule has 0 bridgehead atoms. The minimum Gasteiger partial charge on any atom is -0.497 e. The number of benzene rings is 3.